The lowest BCUT2D eigenvalue weighted by molar-refractivity contribution is 0.0944. The van der Waals surface area contributed by atoms with E-state index < -0.39 is 21.7 Å². The van der Waals surface area contributed by atoms with E-state index in [1.165, 1.54) is 49.1 Å². The second kappa shape index (κ2) is 8.20. The fraction of sp³-hybridized carbons (Fsp3) is 0.263. The van der Waals surface area contributed by atoms with Gasteiger partial charge in [-0.3, -0.25) is 14.8 Å². The number of hydrazine groups is 1. The molecular weight excluding hydrogens is 414 g/mol. The zero-order valence-corrected chi connectivity index (χ0v) is 17.6. The largest absolute Gasteiger partial charge is 0.493 e. The summed E-state index contributed by atoms with van der Waals surface area (Å²) in [6.07, 6.45) is -0.0863. The van der Waals surface area contributed by atoms with Gasteiger partial charge >= 0.3 is 5.76 Å². The normalized spacial score (nSPS) is 11.6. The van der Waals surface area contributed by atoms with Gasteiger partial charge in [-0.1, -0.05) is 0 Å². The van der Waals surface area contributed by atoms with Gasteiger partial charge in [-0.05, 0) is 44.2 Å². The van der Waals surface area contributed by atoms with Crippen LogP contribution in [-0.4, -0.2) is 32.1 Å². The molecule has 1 heterocycles. The summed E-state index contributed by atoms with van der Waals surface area (Å²) in [7, 11) is -1.17. The van der Waals surface area contributed by atoms with Crippen LogP contribution in [0.25, 0.3) is 11.1 Å². The number of aromatic nitrogens is 1. The van der Waals surface area contributed by atoms with Crippen LogP contribution in [0.1, 0.15) is 24.2 Å². The molecule has 0 fully saturated rings. The van der Waals surface area contributed by atoms with E-state index in [2.05, 4.69) is 5.43 Å². The minimum absolute atomic E-state index is 0.0863. The average Bonchev–Trinajstić information content (AvgIpc) is 2.99. The van der Waals surface area contributed by atoms with Crippen molar-refractivity contribution < 1.29 is 27.1 Å². The minimum atomic E-state index is -4.11. The first-order chi connectivity index (χ1) is 14.1. The van der Waals surface area contributed by atoms with E-state index in [4.69, 9.17) is 13.9 Å². The number of amides is 1. The van der Waals surface area contributed by atoms with E-state index in [9.17, 15) is 18.0 Å². The van der Waals surface area contributed by atoms with Gasteiger partial charge in [-0.15, -0.1) is 4.83 Å². The van der Waals surface area contributed by atoms with Crippen LogP contribution in [-0.2, 0) is 17.1 Å². The van der Waals surface area contributed by atoms with Crippen LogP contribution in [0.3, 0.4) is 0 Å². The molecule has 0 saturated heterocycles. The SMILES string of the molecule is COc1cc(C(=O)NNS(=O)(=O)c2ccc3c(c2)oc(=O)n3C)ccc1OC(C)C. The second-order valence-corrected chi connectivity index (χ2v) is 8.33. The first-order valence-corrected chi connectivity index (χ1v) is 10.4. The topological polar surface area (TPSA) is 129 Å². The Bertz CT molecular complexity index is 1260. The molecule has 1 aromatic heterocycles. The van der Waals surface area contributed by atoms with Crippen molar-refractivity contribution in [3.05, 3.63) is 52.5 Å². The summed E-state index contributed by atoms with van der Waals surface area (Å²) in [5.41, 5.74) is 2.86. The zero-order chi connectivity index (χ0) is 22.1. The van der Waals surface area contributed by atoms with Gasteiger partial charge in [0.25, 0.3) is 15.9 Å². The summed E-state index contributed by atoms with van der Waals surface area (Å²) >= 11 is 0. The van der Waals surface area contributed by atoms with E-state index in [0.717, 1.165) is 0 Å². The highest BCUT2D eigenvalue weighted by Gasteiger charge is 2.19. The van der Waals surface area contributed by atoms with Gasteiger partial charge in [0.15, 0.2) is 17.1 Å². The molecule has 0 bridgehead atoms. The molecule has 0 spiro atoms. The van der Waals surface area contributed by atoms with E-state index in [1.54, 1.807) is 6.07 Å². The molecule has 0 aliphatic rings. The molecule has 10 nitrogen and oxygen atoms in total. The highest BCUT2D eigenvalue weighted by atomic mass is 32.2. The number of nitrogens with zero attached hydrogens (tertiary/aromatic N) is 1. The van der Waals surface area contributed by atoms with Crippen LogP contribution in [0, 0.1) is 0 Å². The number of carbonyl (C=O) groups is 1. The molecule has 11 heteroatoms. The van der Waals surface area contributed by atoms with Crippen LogP contribution in [0.5, 0.6) is 11.5 Å². The highest BCUT2D eigenvalue weighted by molar-refractivity contribution is 7.89. The molecule has 3 aromatic rings. The van der Waals surface area contributed by atoms with Crippen LogP contribution >= 0.6 is 0 Å². The van der Waals surface area contributed by atoms with Crippen molar-refractivity contribution in [1.82, 2.24) is 14.8 Å². The van der Waals surface area contributed by atoms with Crippen molar-refractivity contribution in [3.63, 3.8) is 0 Å². The fourth-order valence-corrected chi connectivity index (χ4v) is 3.54. The minimum Gasteiger partial charge on any atom is -0.493 e. The molecule has 0 aliphatic heterocycles. The summed E-state index contributed by atoms with van der Waals surface area (Å²) < 4.78 is 42.1. The Hall–Kier alpha value is -3.31. The summed E-state index contributed by atoms with van der Waals surface area (Å²) in [6.45, 7) is 3.71. The van der Waals surface area contributed by atoms with Crippen LogP contribution in [0.4, 0.5) is 0 Å². The number of rotatable bonds is 7. The third-order valence-corrected chi connectivity index (χ3v) is 5.41. The first kappa shape index (κ1) is 21.4. The van der Waals surface area contributed by atoms with E-state index in [1.807, 2.05) is 18.7 Å². The van der Waals surface area contributed by atoms with Crippen molar-refractivity contribution in [2.75, 3.05) is 7.11 Å². The predicted molar refractivity (Wildman–Crippen MR) is 108 cm³/mol. The van der Waals surface area contributed by atoms with Gasteiger partial charge in [0.2, 0.25) is 0 Å². The van der Waals surface area contributed by atoms with Crippen molar-refractivity contribution in [3.8, 4) is 11.5 Å². The summed E-state index contributed by atoms with van der Waals surface area (Å²) in [5.74, 6) is -0.508. The number of nitrogens with one attached hydrogen (secondary N) is 2. The summed E-state index contributed by atoms with van der Waals surface area (Å²) in [5, 5.41) is 0. The molecule has 30 heavy (non-hydrogen) atoms. The van der Waals surface area contributed by atoms with Gasteiger partial charge in [0.05, 0.1) is 23.6 Å². The molecule has 2 aromatic carbocycles. The average molecular weight is 435 g/mol. The Morgan fingerprint density at radius 2 is 1.87 bits per heavy atom. The van der Waals surface area contributed by atoms with Gasteiger partial charge in [-0.2, -0.15) is 0 Å². The van der Waals surface area contributed by atoms with Crippen LogP contribution in [0.2, 0.25) is 0 Å². The number of sulfonamides is 1. The van der Waals surface area contributed by atoms with Crippen LogP contribution < -0.4 is 25.5 Å². The fourth-order valence-electron chi connectivity index (χ4n) is 2.69. The van der Waals surface area contributed by atoms with Crippen molar-refractivity contribution >= 4 is 27.0 Å². The summed E-state index contributed by atoms with van der Waals surface area (Å²) in [6, 6.07) is 8.42. The van der Waals surface area contributed by atoms with Gasteiger partial charge in [-0.25, -0.2) is 13.2 Å². The lowest BCUT2D eigenvalue weighted by Crippen LogP contribution is -2.41. The lowest BCUT2D eigenvalue weighted by Gasteiger charge is -2.14. The molecule has 3 rings (SSSR count). The Labute approximate surface area is 172 Å². The van der Waals surface area contributed by atoms with Gasteiger partial charge in [0.1, 0.15) is 0 Å². The quantitative estimate of drug-likeness (QED) is 0.539. The molecule has 0 radical (unpaired) electrons. The predicted octanol–water partition coefficient (Wildman–Crippen LogP) is 1.55. The number of oxazole rings is 1. The number of hydrogen-bond donors (Lipinski definition) is 2. The van der Waals surface area contributed by atoms with E-state index in [-0.39, 0.29) is 22.1 Å². The Balaban J connectivity index is 1.77. The van der Waals surface area contributed by atoms with Crippen molar-refractivity contribution in [2.24, 2.45) is 7.05 Å². The maximum Gasteiger partial charge on any atom is 0.419 e. The zero-order valence-electron chi connectivity index (χ0n) is 16.8. The Morgan fingerprint density at radius 1 is 1.13 bits per heavy atom. The molecule has 0 unspecified atom stereocenters. The third-order valence-electron chi connectivity index (χ3n) is 4.16. The van der Waals surface area contributed by atoms with Gasteiger partial charge in [0, 0.05) is 18.7 Å². The number of aryl methyl sites for hydroxylation is 1. The standard InChI is InChI=1S/C19H21N3O7S/c1-11(2)28-15-8-5-12(9-17(15)27-4)18(23)20-21-30(25,26)13-6-7-14-16(10-13)29-19(24)22(14)3/h5-11,21H,1-4H3,(H,20,23). The summed E-state index contributed by atoms with van der Waals surface area (Å²) in [4.78, 5) is 25.8. The number of carbonyl (C=O) groups excluding carboxylic acids is 1. The number of benzene rings is 2. The maximum atomic E-state index is 12.5. The molecule has 0 aliphatic carbocycles. The molecule has 2 N–H and O–H groups in total. The van der Waals surface area contributed by atoms with E-state index in [0.29, 0.717) is 17.0 Å². The van der Waals surface area contributed by atoms with E-state index >= 15 is 0 Å². The second-order valence-electron chi connectivity index (χ2n) is 6.65. The monoisotopic (exact) mass is 435 g/mol. The molecule has 160 valence electrons. The third kappa shape index (κ3) is 4.31. The Morgan fingerprint density at radius 3 is 2.53 bits per heavy atom. The maximum absolute atomic E-state index is 12.5. The number of ether oxygens (including phenoxy) is 2. The highest BCUT2D eigenvalue weighted by Crippen LogP contribution is 2.29. The van der Waals surface area contributed by atoms with Crippen molar-refractivity contribution in [1.29, 1.82) is 0 Å². The number of hydrogen-bond acceptors (Lipinski definition) is 7. The molecule has 0 atom stereocenters. The van der Waals surface area contributed by atoms with Crippen LogP contribution in [0.15, 0.2) is 50.5 Å². The van der Waals surface area contributed by atoms with Crippen molar-refractivity contribution in [2.45, 2.75) is 24.8 Å². The lowest BCUT2D eigenvalue weighted by atomic mass is 10.2. The first-order valence-electron chi connectivity index (χ1n) is 8.89. The molecule has 0 saturated carbocycles. The smallest absolute Gasteiger partial charge is 0.419 e. The molecule has 1 amide bonds. The van der Waals surface area contributed by atoms with Gasteiger partial charge < -0.3 is 13.9 Å². The molecular formula is C19H21N3O7S. The number of methoxy groups -OCH3 is 1. The number of fused-ring (bicyclic) bond motifs is 1. The Kier molecular flexibility index (Phi) is 5.85.